The van der Waals surface area contributed by atoms with Gasteiger partial charge < -0.3 is 20.6 Å². The van der Waals surface area contributed by atoms with Crippen LogP contribution in [0.2, 0.25) is 5.02 Å². The Hall–Kier alpha value is -2.84. The van der Waals surface area contributed by atoms with Crippen molar-refractivity contribution in [2.24, 2.45) is 0 Å². The summed E-state index contributed by atoms with van der Waals surface area (Å²) < 4.78 is 0. The number of aromatic nitrogens is 2. The summed E-state index contributed by atoms with van der Waals surface area (Å²) in [5.41, 5.74) is 3.30. The molecule has 0 spiro atoms. The fourth-order valence-electron chi connectivity index (χ4n) is 5.86. The average Bonchev–Trinajstić information content (AvgIpc) is 3.01. The molecule has 234 valence electrons. The lowest BCUT2D eigenvalue weighted by Crippen LogP contribution is -2.40. The van der Waals surface area contributed by atoms with Crippen molar-refractivity contribution in [2.45, 2.75) is 86.6 Å². The van der Waals surface area contributed by atoms with Crippen molar-refractivity contribution >= 4 is 46.0 Å². The van der Waals surface area contributed by atoms with Gasteiger partial charge in [-0.3, -0.25) is 0 Å². The summed E-state index contributed by atoms with van der Waals surface area (Å²) >= 11 is 7.96. The molecular formula is C36H46ClN5OS. The molecule has 0 bridgehead atoms. The Labute approximate surface area is 272 Å². The predicted octanol–water partition coefficient (Wildman–Crippen LogP) is 8.24. The van der Waals surface area contributed by atoms with Gasteiger partial charge in [-0.15, -0.1) is 11.8 Å². The zero-order valence-corrected chi connectivity index (χ0v) is 28.1. The second-order valence-corrected chi connectivity index (χ2v) is 15.0. The Morgan fingerprint density at radius 2 is 1.57 bits per heavy atom. The molecule has 6 nitrogen and oxygen atoms in total. The van der Waals surface area contributed by atoms with Crippen LogP contribution in [-0.2, 0) is 5.41 Å². The van der Waals surface area contributed by atoms with Crippen LogP contribution in [0.25, 0.3) is 10.9 Å². The molecule has 1 fully saturated rings. The topological polar surface area (TPSA) is 73.3 Å². The maximum atomic E-state index is 11.3. The molecule has 3 N–H and O–H groups in total. The highest BCUT2D eigenvalue weighted by atomic mass is 35.5. The van der Waals surface area contributed by atoms with Crippen LogP contribution in [0.1, 0.15) is 70.1 Å². The standard InChI is InChI=1S/C36H46ClN5OS/c1-36(2,3)25-12-10-24(11-13-25)33(43)22-30(44-29-20-14-26(37)15-21-29)23-38-27-16-18-28(19-17-27)39-35-40-32-9-7-6-8-31(32)34(41-35)42(4)5/h6-15,20-21,27-28,30,33,38,43H,16-19,22-23H2,1-5H3,(H,39,40,41)/t27-,28+,30?,33?. The Kier molecular flexibility index (Phi) is 10.7. The largest absolute Gasteiger partial charge is 0.388 e. The predicted molar refractivity (Wildman–Crippen MR) is 187 cm³/mol. The number of para-hydroxylation sites is 1. The van der Waals surface area contributed by atoms with Crippen LogP contribution in [0.3, 0.4) is 0 Å². The number of nitrogens with one attached hydrogen (secondary N) is 2. The van der Waals surface area contributed by atoms with Crippen LogP contribution in [0.15, 0.2) is 77.7 Å². The second kappa shape index (κ2) is 14.5. The molecule has 2 unspecified atom stereocenters. The Balaban J connectivity index is 1.18. The molecule has 3 aromatic carbocycles. The number of rotatable bonds is 11. The van der Waals surface area contributed by atoms with E-state index < -0.39 is 6.10 Å². The highest BCUT2D eigenvalue weighted by Gasteiger charge is 2.25. The van der Waals surface area contributed by atoms with Gasteiger partial charge in [0.15, 0.2) is 0 Å². The fourth-order valence-corrected chi connectivity index (χ4v) is 7.12. The van der Waals surface area contributed by atoms with Gasteiger partial charge in [0, 0.05) is 53.3 Å². The quantitative estimate of drug-likeness (QED) is 0.144. The third kappa shape index (κ3) is 8.66. The molecule has 4 aromatic rings. The molecule has 5 rings (SSSR count). The molecule has 2 atom stereocenters. The van der Waals surface area contributed by atoms with E-state index in [2.05, 4.69) is 73.9 Å². The number of hydrogen-bond acceptors (Lipinski definition) is 7. The third-order valence-corrected chi connectivity index (χ3v) is 9.95. The molecule has 0 saturated heterocycles. The van der Waals surface area contributed by atoms with Crippen molar-refractivity contribution in [3.05, 3.63) is 88.9 Å². The number of benzene rings is 3. The van der Waals surface area contributed by atoms with Crippen LogP contribution in [0.5, 0.6) is 0 Å². The molecule has 1 heterocycles. The Bertz CT molecular complexity index is 1500. The van der Waals surface area contributed by atoms with E-state index in [1.54, 1.807) is 0 Å². The number of fused-ring (bicyclic) bond motifs is 1. The van der Waals surface area contributed by atoms with Crippen molar-refractivity contribution in [2.75, 3.05) is 30.9 Å². The maximum absolute atomic E-state index is 11.3. The Morgan fingerprint density at radius 1 is 0.909 bits per heavy atom. The monoisotopic (exact) mass is 631 g/mol. The summed E-state index contributed by atoms with van der Waals surface area (Å²) in [4.78, 5) is 12.9. The Morgan fingerprint density at radius 3 is 2.23 bits per heavy atom. The summed E-state index contributed by atoms with van der Waals surface area (Å²) in [7, 11) is 4.05. The lowest BCUT2D eigenvalue weighted by molar-refractivity contribution is 0.165. The molecule has 44 heavy (non-hydrogen) atoms. The molecule has 1 aliphatic rings. The number of aliphatic hydroxyl groups excluding tert-OH is 1. The molecule has 1 aliphatic carbocycles. The van der Waals surface area contributed by atoms with Crippen LogP contribution < -0.4 is 15.5 Å². The number of anilines is 2. The minimum Gasteiger partial charge on any atom is -0.388 e. The molecule has 0 amide bonds. The van der Waals surface area contributed by atoms with Gasteiger partial charge >= 0.3 is 0 Å². The smallest absolute Gasteiger partial charge is 0.225 e. The van der Waals surface area contributed by atoms with Crippen molar-refractivity contribution in [1.29, 1.82) is 0 Å². The molecular weight excluding hydrogens is 586 g/mol. The molecule has 1 saturated carbocycles. The zero-order valence-electron chi connectivity index (χ0n) is 26.6. The van der Waals surface area contributed by atoms with E-state index in [1.807, 2.05) is 61.1 Å². The van der Waals surface area contributed by atoms with Gasteiger partial charge in [0.1, 0.15) is 5.82 Å². The minimum atomic E-state index is -0.524. The third-order valence-electron chi connectivity index (χ3n) is 8.47. The number of thioether (sulfide) groups is 1. The summed E-state index contributed by atoms with van der Waals surface area (Å²) in [5.74, 6) is 1.64. The summed E-state index contributed by atoms with van der Waals surface area (Å²) in [6.07, 6.45) is 4.43. The van der Waals surface area contributed by atoms with Crippen molar-refractivity contribution < 1.29 is 5.11 Å². The highest BCUT2D eigenvalue weighted by molar-refractivity contribution is 8.00. The second-order valence-electron chi connectivity index (χ2n) is 13.2. The number of halogens is 1. The number of hydrogen-bond donors (Lipinski definition) is 3. The molecule has 1 aromatic heterocycles. The number of aliphatic hydroxyl groups is 1. The first kappa shape index (κ1) is 32.6. The van der Waals surface area contributed by atoms with Gasteiger partial charge in [-0.05, 0) is 85.0 Å². The minimum absolute atomic E-state index is 0.0898. The first-order valence-electron chi connectivity index (χ1n) is 15.7. The van der Waals surface area contributed by atoms with E-state index in [1.165, 1.54) is 5.56 Å². The first-order chi connectivity index (χ1) is 21.0. The van der Waals surface area contributed by atoms with Crippen LogP contribution in [0, 0.1) is 0 Å². The summed E-state index contributed by atoms with van der Waals surface area (Å²) in [6.45, 7) is 7.47. The van der Waals surface area contributed by atoms with E-state index in [4.69, 9.17) is 21.6 Å². The lowest BCUT2D eigenvalue weighted by atomic mass is 9.86. The van der Waals surface area contributed by atoms with E-state index >= 15 is 0 Å². The van der Waals surface area contributed by atoms with E-state index in [0.29, 0.717) is 24.5 Å². The van der Waals surface area contributed by atoms with Crippen molar-refractivity contribution in [3.63, 3.8) is 0 Å². The normalized spacial score (nSPS) is 18.6. The van der Waals surface area contributed by atoms with Gasteiger partial charge in [0.25, 0.3) is 0 Å². The first-order valence-corrected chi connectivity index (χ1v) is 17.0. The van der Waals surface area contributed by atoms with Gasteiger partial charge in [-0.25, -0.2) is 4.98 Å². The molecule has 0 radical (unpaired) electrons. The SMILES string of the molecule is CN(C)c1nc(N[C@H]2CC[C@@H](NCC(CC(O)c3ccc(C(C)(C)C)cc3)Sc3ccc(Cl)cc3)CC2)nc2ccccc12. The maximum Gasteiger partial charge on any atom is 0.225 e. The molecule has 8 heteroatoms. The number of nitrogens with zero attached hydrogens (tertiary/aromatic N) is 3. The van der Waals surface area contributed by atoms with Gasteiger partial charge in [-0.2, -0.15) is 4.98 Å². The lowest BCUT2D eigenvalue weighted by Gasteiger charge is -2.31. The van der Waals surface area contributed by atoms with E-state index in [-0.39, 0.29) is 10.7 Å². The van der Waals surface area contributed by atoms with Gasteiger partial charge in [0.05, 0.1) is 11.6 Å². The van der Waals surface area contributed by atoms with E-state index in [9.17, 15) is 5.11 Å². The van der Waals surface area contributed by atoms with Gasteiger partial charge in [-0.1, -0.05) is 68.8 Å². The highest BCUT2D eigenvalue weighted by Crippen LogP contribution is 2.33. The van der Waals surface area contributed by atoms with Crippen molar-refractivity contribution in [3.8, 4) is 0 Å². The summed E-state index contributed by atoms with van der Waals surface area (Å²) in [5, 5.41) is 20.7. The zero-order chi connectivity index (χ0) is 31.3. The average molecular weight is 632 g/mol. The fraction of sp³-hybridized carbons (Fsp3) is 0.444. The van der Waals surface area contributed by atoms with Gasteiger partial charge in [0.2, 0.25) is 5.95 Å². The van der Waals surface area contributed by atoms with Crippen LogP contribution >= 0.6 is 23.4 Å². The van der Waals surface area contributed by atoms with E-state index in [0.717, 1.165) is 64.4 Å². The van der Waals surface area contributed by atoms with Crippen molar-refractivity contribution in [1.82, 2.24) is 15.3 Å². The molecule has 0 aliphatic heterocycles. The van der Waals surface area contributed by atoms with Crippen LogP contribution in [0.4, 0.5) is 11.8 Å². The summed E-state index contributed by atoms with van der Waals surface area (Å²) in [6, 6.07) is 25.4. The van der Waals surface area contributed by atoms with Crippen LogP contribution in [-0.4, -0.2) is 53.0 Å².